The van der Waals surface area contributed by atoms with Gasteiger partial charge in [0.2, 0.25) is 5.75 Å². The van der Waals surface area contributed by atoms with Crippen molar-refractivity contribution >= 4 is 15.9 Å². The van der Waals surface area contributed by atoms with Crippen molar-refractivity contribution in [2.45, 2.75) is 24.1 Å². The number of methoxy groups -OCH3 is 3. The van der Waals surface area contributed by atoms with E-state index in [0.29, 0.717) is 22.2 Å². The lowest BCUT2D eigenvalue weighted by Gasteiger charge is -2.23. The van der Waals surface area contributed by atoms with Gasteiger partial charge in [-0.05, 0) is 43.1 Å². The van der Waals surface area contributed by atoms with Crippen LogP contribution in [0.15, 0.2) is 12.1 Å². The van der Waals surface area contributed by atoms with Crippen LogP contribution in [0.4, 0.5) is 0 Å². The molecule has 0 saturated heterocycles. The fraction of sp³-hybridized carbons (Fsp3) is 0.625. The highest BCUT2D eigenvalue weighted by atomic mass is 79.9. The minimum Gasteiger partial charge on any atom is -0.493 e. The number of halogens is 1. The van der Waals surface area contributed by atoms with Gasteiger partial charge in [-0.25, -0.2) is 0 Å². The summed E-state index contributed by atoms with van der Waals surface area (Å²) in [6.45, 7) is 0. The summed E-state index contributed by atoms with van der Waals surface area (Å²) < 4.78 is 16.4. The van der Waals surface area contributed by atoms with E-state index in [-0.39, 0.29) is 0 Å². The summed E-state index contributed by atoms with van der Waals surface area (Å²) in [4.78, 5) is 0.324. The summed E-state index contributed by atoms with van der Waals surface area (Å²) >= 11 is 3.89. The zero-order chi connectivity index (χ0) is 14.3. The average Bonchev–Trinajstić information content (AvgIpc) is 3.10. The molecule has 0 amide bonds. The third-order valence-corrected chi connectivity index (χ3v) is 5.97. The van der Waals surface area contributed by atoms with Crippen LogP contribution < -0.4 is 14.2 Å². The Kier molecular flexibility index (Phi) is 3.85. The summed E-state index contributed by atoms with van der Waals surface area (Å²) in [5, 5.41) is 0. The molecule has 0 spiro atoms. The Labute approximate surface area is 128 Å². The van der Waals surface area contributed by atoms with Crippen molar-refractivity contribution in [1.29, 1.82) is 0 Å². The molecule has 20 heavy (non-hydrogen) atoms. The molecule has 3 rings (SSSR count). The van der Waals surface area contributed by atoms with Gasteiger partial charge in [0, 0.05) is 10.4 Å². The lowest BCUT2D eigenvalue weighted by molar-refractivity contribution is 0.320. The number of ether oxygens (including phenoxy) is 3. The van der Waals surface area contributed by atoms with E-state index in [9.17, 15) is 0 Å². The third kappa shape index (κ3) is 2.28. The molecule has 2 saturated carbocycles. The first kappa shape index (κ1) is 14.1. The third-order valence-electron chi connectivity index (χ3n) is 4.73. The molecule has 2 aliphatic rings. The van der Waals surface area contributed by atoms with Crippen molar-refractivity contribution in [3.63, 3.8) is 0 Å². The van der Waals surface area contributed by atoms with E-state index in [4.69, 9.17) is 14.2 Å². The van der Waals surface area contributed by atoms with E-state index in [1.54, 1.807) is 21.3 Å². The van der Waals surface area contributed by atoms with Crippen molar-refractivity contribution in [2.75, 3.05) is 21.3 Å². The molecule has 0 N–H and O–H groups in total. The van der Waals surface area contributed by atoms with Gasteiger partial charge in [0.05, 0.1) is 21.3 Å². The Morgan fingerprint density at radius 1 is 0.950 bits per heavy atom. The predicted molar refractivity (Wildman–Crippen MR) is 82.1 cm³/mol. The zero-order valence-electron chi connectivity index (χ0n) is 12.2. The van der Waals surface area contributed by atoms with Crippen LogP contribution >= 0.6 is 15.9 Å². The SMILES string of the molecule is COc1ccc(C(Br)C2CC3CC3C2)c(OC)c1OC. The lowest BCUT2D eigenvalue weighted by Crippen LogP contribution is -2.08. The first-order valence-electron chi connectivity index (χ1n) is 7.12. The molecule has 0 heterocycles. The smallest absolute Gasteiger partial charge is 0.203 e. The zero-order valence-corrected chi connectivity index (χ0v) is 13.8. The van der Waals surface area contributed by atoms with Crippen LogP contribution in [0.5, 0.6) is 17.2 Å². The van der Waals surface area contributed by atoms with Gasteiger partial charge < -0.3 is 14.2 Å². The second-order valence-electron chi connectivity index (χ2n) is 5.81. The maximum absolute atomic E-state index is 5.59. The molecule has 0 aromatic heterocycles. The highest BCUT2D eigenvalue weighted by Gasteiger charge is 2.48. The average molecular weight is 341 g/mol. The first-order valence-corrected chi connectivity index (χ1v) is 8.04. The second kappa shape index (κ2) is 5.47. The normalized spacial score (nSPS) is 28.7. The van der Waals surface area contributed by atoms with E-state index in [1.165, 1.54) is 19.3 Å². The van der Waals surface area contributed by atoms with Crippen molar-refractivity contribution < 1.29 is 14.2 Å². The number of rotatable bonds is 5. The summed E-state index contributed by atoms with van der Waals surface area (Å²) in [6, 6.07) is 4.05. The fourth-order valence-electron chi connectivity index (χ4n) is 3.60. The van der Waals surface area contributed by atoms with Gasteiger partial charge in [-0.2, -0.15) is 0 Å². The molecule has 0 radical (unpaired) electrons. The Bertz CT molecular complexity index is 493. The quantitative estimate of drug-likeness (QED) is 0.752. The lowest BCUT2D eigenvalue weighted by atomic mass is 9.93. The monoisotopic (exact) mass is 340 g/mol. The largest absolute Gasteiger partial charge is 0.493 e. The summed E-state index contributed by atoms with van der Waals surface area (Å²) in [7, 11) is 4.98. The van der Waals surface area contributed by atoms with Gasteiger partial charge in [-0.3, -0.25) is 0 Å². The minimum absolute atomic E-state index is 0.324. The van der Waals surface area contributed by atoms with E-state index in [0.717, 1.165) is 23.1 Å². The van der Waals surface area contributed by atoms with Crippen LogP contribution in [0.2, 0.25) is 0 Å². The summed E-state index contributed by atoms with van der Waals surface area (Å²) in [5.74, 6) is 4.83. The van der Waals surface area contributed by atoms with Crippen LogP contribution in [0.1, 0.15) is 29.7 Å². The number of fused-ring (bicyclic) bond motifs is 1. The minimum atomic E-state index is 0.324. The molecule has 3 nitrogen and oxygen atoms in total. The highest BCUT2D eigenvalue weighted by Crippen LogP contribution is 2.60. The van der Waals surface area contributed by atoms with E-state index in [2.05, 4.69) is 22.0 Å². The molecule has 4 heteroatoms. The molecule has 110 valence electrons. The van der Waals surface area contributed by atoms with Crippen LogP contribution in [0.25, 0.3) is 0 Å². The van der Waals surface area contributed by atoms with E-state index >= 15 is 0 Å². The predicted octanol–water partition coefficient (Wildman–Crippen LogP) is 4.19. The molecular formula is C16H21BrO3. The van der Waals surface area contributed by atoms with Crippen molar-refractivity contribution in [2.24, 2.45) is 17.8 Å². The fourth-order valence-corrected chi connectivity index (χ4v) is 4.39. The standard InChI is InChI=1S/C16H21BrO3/c1-18-13-5-4-12(15(19-2)16(13)20-3)14(17)11-7-9-6-10(9)8-11/h4-5,9-11,14H,6-8H2,1-3H3. The molecule has 2 fully saturated rings. The van der Waals surface area contributed by atoms with Gasteiger partial charge in [-0.1, -0.05) is 22.0 Å². The van der Waals surface area contributed by atoms with E-state index < -0.39 is 0 Å². The summed E-state index contributed by atoms with van der Waals surface area (Å²) in [6.07, 6.45) is 4.11. The van der Waals surface area contributed by atoms with Gasteiger partial charge in [0.1, 0.15) is 0 Å². The molecule has 1 aromatic carbocycles. The van der Waals surface area contributed by atoms with Crippen LogP contribution in [0, 0.1) is 17.8 Å². The van der Waals surface area contributed by atoms with Gasteiger partial charge in [-0.15, -0.1) is 0 Å². The van der Waals surface area contributed by atoms with Crippen LogP contribution in [-0.4, -0.2) is 21.3 Å². The second-order valence-corrected chi connectivity index (χ2v) is 6.80. The Balaban J connectivity index is 1.91. The number of hydrogen-bond donors (Lipinski definition) is 0. The van der Waals surface area contributed by atoms with Crippen LogP contribution in [-0.2, 0) is 0 Å². The van der Waals surface area contributed by atoms with Crippen molar-refractivity contribution in [1.82, 2.24) is 0 Å². The van der Waals surface area contributed by atoms with Gasteiger partial charge >= 0.3 is 0 Å². The number of benzene rings is 1. The molecule has 3 atom stereocenters. The number of alkyl halides is 1. The van der Waals surface area contributed by atoms with E-state index in [1.807, 2.05) is 6.07 Å². The van der Waals surface area contributed by atoms with Gasteiger partial charge in [0.15, 0.2) is 11.5 Å². The Morgan fingerprint density at radius 3 is 2.15 bits per heavy atom. The molecule has 0 aliphatic heterocycles. The molecule has 1 aromatic rings. The molecule has 0 bridgehead atoms. The Morgan fingerprint density at radius 2 is 1.60 bits per heavy atom. The Hall–Kier alpha value is -0.900. The highest BCUT2D eigenvalue weighted by molar-refractivity contribution is 9.09. The maximum Gasteiger partial charge on any atom is 0.203 e. The topological polar surface area (TPSA) is 27.7 Å². The molecule has 3 unspecified atom stereocenters. The van der Waals surface area contributed by atoms with Gasteiger partial charge in [0.25, 0.3) is 0 Å². The van der Waals surface area contributed by atoms with Crippen LogP contribution in [0.3, 0.4) is 0 Å². The molecule has 2 aliphatic carbocycles. The molecular weight excluding hydrogens is 320 g/mol. The van der Waals surface area contributed by atoms with Crippen molar-refractivity contribution in [3.05, 3.63) is 17.7 Å². The number of hydrogen-bond acceptors (Lipinski definition) is 3. The first-order chi connectivity index (χ1) is 9.69. The summed E-state index contributed by atoms with van der Waals surface area (Å²) in [5.41, 5.74) is 1.16. The maximum atomic E-state index is 5.59. The van der Waals surface area contributed by atoms with Crippen molar-refractivity contribution in [3.8, 4) is 17.2 Å².